The van der Waals surface area contributed by atoms with E-state index in [1.165, 1.54) is 18.2 Å². The van der Waals surface area contributed by atoms with E-state index in [0.29, 0.717) is 5.75 Å². The zero-order chi connectivity index (χ0) is 14.7. The molecule has 0 aliphatic rings. The molecule has 6 nitrogen and oxygen atoms in total. The van der Waals surface area contributed by atoms with Crippen molar-refractivity contribution in [2.24, 2.45) is 5.73 Å². The predicted octanol–water partition coefficient (Wildman–Crippen LogP) is 3.09. The minimum absolute atomic E-state index is 0.0208. The Hall–Kier alpha value is -2.16. The van der Waals surface area contributed by atoms with E-state index >= 15 is 0 Å². The van der Waals surface area contributed by atoms with Gasteiger partial charge in [-0.1, -0.05) is 0 Å². The number of halogens is 1. The van der Waals surface area contributed by atoms with Crippen LogP contribution in [0.2, 0.25) is 0 Å². The Balaban J connectivity index is 2.41. The van der Waals surface area contributed by atoms with Gasteiger partial charge in [-0.3, -0.25) is 14.9 Å². The van der Waals surface area contributed by atoms with Crippen LogP contribution >= 0.6 is 22.6 Å². The average Bonchev–Trinajstić information content (AvgIpc) is 2.41. The summed E-state index contributed by atoms with van der Waals surface area (Å²) in [7, 11) is 0. The number of benzene rings is 2. The molecular weight excluding hydrogens is 375 g/mol. The highest BCUT2D eigenvalue weighted by atomic mass is 127. The quantitative estimate of drug-likeness (QED) is 0.498. The first kappa shape index (κ1) is 14.3. The molecule has 0 bridgehead atoms. The Morgan fingerprint density at radius 3 is 2.40 bits per heavy atom. The number of ether oxygens (including phenoxy) is 1. The molecule has 0 aliphatic carbocycles. The molecule has 102 valence electrons. The summed E-state index contributed by atoms with van der Waals surface area (Å²) in [4.78, 5) is 21.5. The van der Waals surface area contributed by atoms with E-state index in [4.69, 9.17) is 10.5 Å². The Kier molecular flexibility index (Phi) is 4.18. The van der Waals surface area contributed by atoms with Crippen LogP contribution in [0.3, 0.4) is 0 Å². The van der Waals surface area contributed by atoms with Crippen LogP contribution in [0.15, 0.2) is 42.5 Å². The van der Waals surface area contributed by atoms with Gasteiger partial charge in [0.05, 0.1) is 4.92 Å². The highest BCUT2D eigenvalue weighted by Gasteiger charge is 2.18. The van der Waals surface area contributed by atoms with Crippen LogP contribution in [0.4, 0.5) is 5.69 Å². The largest absolute Gasteiger partial charge is 0.450 e. The molecule has 20 heavy (non-hydrogen) atoms. The molecule has 2 N–H and O–H groups in total. The average molecular weight is 384 g/mol. The maximum absolute atomic E-state index is 11.1. The van der Waals surface area contributed by atoms with Crippen molar-refractivity contribution in [3.63, 3.8) is 0 Å². The van der Waals surface area contributed by atoms with Gasteiger partial charge in [-0.2, -0.15) is 0 Å². The number of nitro benzene ring substituents is 1. The Morgan fingerprint density at radius 2 is 1.85 bits per heavy atom. The van der Waals surface area contributed by atoms with Crippen molar-refractivity contribution in [1.29, 1.82) is 0 Å². The molecule has 0 aliphatic heterocycles. The van der Waals surface area contributed by atoms with Gasteiger partial charge >= 0.3 is 5.69 Å². The van der Waals surface area contributed by atoms with Gasteiger partial charge in [0.15, 0.2) is 0 Å². The number of nitrogens with zero attached hydrogens (tertiary/aromatic N) is 1. The second kappa shape index (κ2) is 5.87. The number of nitrogens with two attached hydrogens (primary N) is 1. The minimum Gasteiger partial charge on any atom is -0.450 e. The first-order chi connectivity index (χ1) is 9.47. The Bertz CT molecular complexity index is 671. The van der Waals surface area contributed by atoms with Crippen LogP contribution in [0.5, 0.6) is 11.5 Å². The lowest BCUT2D eigenvalue weighted by molar-refractivity contribution is -0.385. The summed E-state index contributed by atoms with van der Waals surface area (Å²) in [6, 6.07) is 10.7. The van der Waals surface area contributed by atoms with E-state index in [0.717, 1.165) is 3.57 Å². The SMILES string of the molecule is NC(=O)c1ccc([N+](=O)[O-])c(Oc2ccc(I)cc2)c1. The number of primary amides is 1. The van der Waals surface area contributed by atoms with Crippen LogP contribution < -0.4 is 10.5 Å². The van der Waals surface area contributed by atoms with Crippen molar-refractivity contribution >= 4 is 34.2 Å². The molecule has 0 fully saturated rings. The molecule has 0 aromatic heterocycles. The molecule has 0 saturated heterocycles. The summed E-state index contributed by atoms with van der Waals surface area (Å²) in [6.45, 7) is 0. The minimum atomic E-state index is -0.674. The monoisotopic (exact) mass is 384 g/mol. The normalized spacial score (nSPS) is 10.1. The van der Waals surface area contributed by atoms with E-state index in [2.05, 4.69) is 22.6 Å². The first-order valence-corrected chi connectivity index (χ1v) is 6.57. The summed E-state index contributed by atoms with van der Waals surface area (Å²) in [6.07, 6.45) is 0. The van der Waals surface area contributed by atoms with Crippen molar-refractivity contribution in [3.05, 3.63) is 61.7 Å². The zero-order valence-corrected chi connectivity index (χ0v) is 12.2. The predicted molar refractivity (Wildman–Crippen MR) is 80.8 cm³/mol. The number of hydrogen-bond donors (Lipinski definition) is 1. The van der Waals surface area contributed by atoms with E-state index < -0.39 is 10.8 Å². The fourth-order valence-electron chi connectivity index (χ4n) is 1.53. The van der Waals surface area contributed by atoms with Crippen LogP contribution in [-0.4, -0.2) is 10.8 Å². The number of nitro groups is 1. The van der Waals surface area contributed by atoms with Crippen LogP contribution in [-0.2, 0) is 0 Å². The van der Waals surface area contributed by atoms with Gasteiger partial charge in [-0.15, -0.1) is 0 Å². The second-order valence-corrected chi connectivity index (χ2v) is 5.11. The van der Waals surface area contributed by atoms with E-state index in [9.17, 15) is 14.9 Å². The maximum Gasteiger partial charge on any atom is 0.311 e. The van der Waals surface area contributed by atoms with Gasteiger partial charge in [0.1, 0.15) is 5.75 Å². The van der Waals surface area contributed by atoms with Crippen molar-refractivity contribution in [2.75, 3.05) is 0 Å². The molecule has 0 spiro atoms. The molecule has 0 saturated carbocycles. The van der Waals surface area contributed by atoms with Gasteiger partial charge < -0.3 is 10.5 Å². The van der Waals surface area contributed by atoms with Crippen molar-refractivity contribution in [1.82, 2.24) is 0 Å². The highest BCUT2D eigenvalue weighted by Crippen LogP contribution is 2.32. The molecule has 0 unspecified atom stereocenters. The number of amides is 1. The van der Waals surface area contributed by atoms with Gasteiger partial charge in [-0.05, 0) is 52.9 Å². The molecule has 0 heterocycles. The molecule has 7 heteroatoms. The van der Waals surface area contributed by atoms with E-state index in [1.807, 2.05) is 0 Å². The smallest absolute Gasteiger partial charge is 0.311 e. The summed E-state index contributed by atoms with van der Waals surface area (Å²) >= 11 is 2.13. The van der Waals surface area contributed by atoms with E-state index in [1.54, 1.807) is 24.3 Å². The second-order valence-electron chi connectivity index (χ2n) is 3.86. The van der Waals surface area contributed by atoms with Crippen molar-refractivity contribution < 1.29 is 14.5 Å². The number of hydrogen-bond acceptors (Lipinski definition) is 4. The van der Waals surface area contributed by atoms with Crippen molar-refractivity contribution in [2.45, 2.75) is 0 Å². The lowest BCUT2D eigenvalue weighted by atomic mass is 10.2. The summed E-state index contributed by atoms with van der Waals surface area (Å²) < 4.78 is 6.47. The number of carbonyl (C=O) groups excluding carboxylic acids is 1. The molecule has 0 radical (unpaired) electrons. The lowest BCUT2D eigenvalue weighted by Gasteiger charge is -2.07. The molecule has 0 atom stereocenters. The van der Waals surface area contributed by atoms with Crippen LogP contribution in [0.25, 0.3) is 0 Å². The molecule has 1 amide bonds. The van der Waals surface area contributed by atoms with Crippen LogP contribution in [0.1, 0.15) is 10.4 Å². The molecule has 2 aromatic carbocycles. The first-order valence-electron chi connectivity index (χ1n) is 5.49. The highest BCUT2D eigenvalue weighted by molar-refractivity contribution is 14.1. The summed E-state index contributed by atoms with van der Waals surface area (Å²) in [5.74, 6) is -0.255. The summed E-state index contributed by atoms with van der Waals surface area (Å²) in [5.41, 5.74) is 5.08. The summed E-state index contributed by atoms with van der Waals surface area (Å²) in [5, 5.41) is 11.0. The standard InChI is InChI=1S/C13H9IN2O4/c14-9-2-4-10(5-3-9)20-12-7-8(13(15)17)1-6-11(12)16(18)19/h1-7H,(H2,15,17). The third-order valence-electron chi connectivity index (χ3n) is 2.48. The zero-order valence-electron chi connectivity index (χ0n) is 10.1. The number of rotatable bonds is 4. The Labute approximate surface area is 127 Å². The fraction of sp³-hybridized carbons (Fsp3) is 0. The van der Waals surface area contributed by atoms with Crippen molar-refractivity contribution in [3.8, 4) is 11.5 Å². The van der Waals surface area contributed by atoms with Gasteiger partial charge in [0.25, 0.3) is 0 Å². The fourth-order valence-corrected chi connectivity index (χ4v) is 1.89. The van der Waals surface area contributed by atoms with E-state index in [-0.39, 0.29) is 17.0 Å². The van der Waals surface area contributed by atoms with Gasteiger partial charge in [0, 0.05) is 21.3 Å². The van der Waals surface area contributed by atoms with Gasteiger partial charge in [-0.25, -0.2) is 0 Å². The maximum atomic E-state index is 11.1. The molecule has 2 rings (SSSR count). The Morgan fingerprint density at radius 1 is 1.20 bits per heavy atom. The molecule has 2 aromatic rings. The lowest BCUT2D eigenvalue weighted by Crippen LogP contribution is -2.11. The third-order valence-corrected chi connectivity index (χ3v) is 3.20. The third kappa shape index (κ3) is 3.23. The topological polar surface area (TPSA) is 95.5 Å². The van der Waals surface area contributed by atoms with Gasteiger partial charge in [0.2, 0.25) is 11.7 Å². The molecular formula is C13H9IN2O4. The number of carbonyl (C=O) groups is 1. The van der Waals surface area contributed by atoms with Crippen LogP contribution in [0, 0.1) is 13.7 Å².